The second kappa shape index (κ2) is 8.96. The van der Waals surface area contributed by atoms with Gasteiger partial charge in [-0.2, -0.15) is 4.31 Å². The summed E-state index contributed by atoms with van der Waals surface area (Å²) in [5.41, 5.74) is -0.102. The molecule has 0 aliphatic carbocycles. The number of aromatic nitrogens is 3. The van der Waals surface area contributed by atoms with Crippen LogP contribution in [0.2, 0.25) is 0 Å². The Morgan fingerprint density at radius 1 is 1.15 bits per heavy atom. The third-order valence-electron chi connectivity index (χ3n) is 4.91. The van der Waals surface area contributed by atoms with Crippen LogP contribution in [0.1, 0.15) is 6.92 Å². The van der Waals surface area contributed by atoms with Crippen molar-refractivity contribution >= 4 is 32.7 Å². The van der Waals surface area contributed by atoms with Gasteiger partial charge in [0.2, 0.25) is 16.1 Å². The molecule has 3 aromatic rings. The molecule has 176 valence electrons. The van der Waals surface area contributed by atoms with Crippen LogP contribution in [0, 0.1) is 17.5 Å². The van der Waals surface area contributed by atoms with Crippen molar-refractivity contribution in [3.8, 4) is 0 Å². The van der Waals surface area contributed by atoms with E-state index in [1.807, 2.05) is 0 Å². The molecule has 0 unspecified atom stereocenters. The Hall–Kier alpha value is -3.23. The number of hydrogen-bond acceptors (Lipinski definition) is 7. The third kappa shape index (κ3) is 4.49. The number of anilines is 1. The summed E-state index contributed by atoms with van der Waals surface area (Å²) in [6.07, 6.45) is -1.29. The summed E-state index contributed by atoms with van der Waals surface area (Å²) in [7, 11) is -3.80. The lowest BCUT2D eigenvalue weighted by atomic mass is 10.2. The number of benzene rings is 2. The lowest BCUT2D eigenvalue weighted by Crippen LogP contribution is -2.40. The number of hydrogen-bond donors (Lipinski definition) is 1. The van der Waals surface area contributed by atoms with Gasteiger partial charge in [-0.3, -0.25) is 4.79 Å². The molecule has 1 saturated heterocycles. The molecule has 4 rings (SSSR count). The summed E-state index contributed by atoms with van der Waals surface area (Å²) < 4.78 is 72.5. The van der Waals surface area contributed by atoms with Crippen molar-refractivity contribution in [2.75, 3.05) is 31.6 Å². The van der Waals surface area contributed by atoms with Crippen LogP contribution in [0.15, 0.2) is 35.2 Å². The molecular weight excluding hydrogens is 467 g/mol. The highest BCUT2D eigenvalue weighted by Gasteiger charge is 2.27. The van der Waals surface area contributed by atoms with Gasteiger partial charge in [0.05, 0.1) is 23.8 Å². The van der Waals surface area contributed by atoms with E-state index < -0.39 is 45.2 Å². The van der Waals surface area contributed by atoms with E-state index in [1.165, 1.54) is 29.4 Å². The number of rotatable bonds is 6. The normalized spacial score (nSPS) is 16.0. The second-order valence-electron chi connectivity index (χ2n) is 7.09. The van der Waals surface area contributed by atoms with Crippen molar-refractivity contribution < 1.29 is 36.0 Å². The molecule has 1 aromatic heterocycles. The van der Waals surface area contributed by atoms with Gasteiger partial charge in [0.25, 0.3) is 5.91 Å². The fourth-order valence-corrected chi connectivity index (χ4v) is 4.54. The number of ether oxygens (including phenoxy) is 1. The first-order chi connectivity index (χ1) is 15.7. The Morgan fingerprint density at radius 3 is 2.61 bits per heavy atom. The quantitative estimate of drug-likeness (QED) is 0.524. The smallest absolute Gasteiger partial charge is 0.268 e. The van der Waals surface area contributed by atoms with Crippen LogP contribution in [0.5, 0.6) is 0 Å². The number of sulfonamides is 1. The number of nitrogens with one attached hydrogen (secondary N) is 1. The molecule has 10 nitrogen and oxygen atoms in total. The van der Waals surface area contributed by atoms with Gasteiger partial charge in [-0.25, -0.2) is 21.6 Å². The maximum absolute atomic E-state index is 13.8. The molecule has 1 N–H and O–H groups in total. The Morgan fingerprint density at radius 2 is 1.88 bits per heavy atom. The van der Waals surface area contributed by atoms with Gasteiger partial charge in [0, 0.05) is 13.1 Å². The molecule has 14 heteroatoms. The standard InChI is InChI=1S/C19H18F3N5O5S/c1-11(19(28)23-15-5-3-13(20)17(21)18(15)22)32-27-16-10-12(2-4-14(16)24-25-27)33(29,30)26-6-8-31-9-7-26/h2-5,10-11H,6-9H2,1H3,(H,23,28)/t11-/m1/s1. The maximum atomic E-state index is 13.8. The molecular formula is C19H18F3N5O5S. The Balaban J connectivity index is 1.54. The summed E-state index contributed by atoms with van der Waals surface area (Å²) in [6, 6.07) is 5.66. The van der Waals surface area contributed by atoms with Gasteiger partial charge < -0.3 is 14.9 Å². The Labute approximate surface area is 185 Å². The van der Waals surface area contributed by atoms with Crippen LogP contribution in [0.4, 0.5) is 18.9 Å². The van der Waals surface area contributed by atoms with Crippen LogP contribution < -0.4 is 10.2 Å². The van der Waals surface area contributed by atoms with Gasteiger partial charge in [-0.05, 0) is 42.5 Å². The Bertz CT molecular complexity index is 1310. The van der Waals surface area contributed by atoms with Crippen LogP contribution >= 0.6 is 0 Å². The first-order valence-electron chi connectivity index (χ1n) is 9.73. The molecule has 0 bridgehead atoms. The molecule has 0 spiro atoms. The Kier molecular flexibility index (Phi) is 6.23. The van der Waals surface area contributed by atoms with E-state index in [0.29, 0.717) is 11.6 Å². The van der Waals surface area contributed by atoms with E-state index >= 15 is 0 Å². The zero-order chi connectivity index (χ0) is 23.8. The summed E-state index contributed by atoms with van der Waals surface area (Å²) in [4.78, 5) is 18.6. The summed E-state index contributed by atoms with van der Waals surface area (Å²) >= 11 is 0. The lowest BCUT2D eigenvalue weighted by Gasteiger charge is -2.26. The fourth-order valence-electron chi connectivity index (χ4n) is 3.11. The van der Waals surface area contributed by atoms with Gasteiger partial charge in [-0.1, -0.05) is 4.85 Å². The molecule has 33 heavy (non-hydrogen) atoms. The number of halogens is 3. The second-order valence-corrected chi connectivity index (χ2v) is 9.03. The van der Waals surface area contributed by atoms with Crippen LogP contribution in [0.3, 0.4) is 0 Å². The average molecular weight is 485 g/mol. The van der Waals surface area contributed by atoms with E-state index in [0.717, 1.165) is 10.9 Å². The average Bonchev–Trinajstić information content (AvgIpc) is 3.22. The first-order valence-corrected chi connectivity index (χ1v) is 11.2. The zero-order valence-corrected chi connectivity index (χ0v) is 18.0. The van der Waals surface area contributed by atoms with E-state index in [4.69, 9.17) is 9.57 Å². The summed E-state index contributed by atoms with van der Waals surface area (Å²) in [6.45, 7) is 2.30. The predicted molar refractivity (Wildman–Crippen MR) is 108 cm³/mol. The van der Waals surface area contributed by atoms with Crippen LogP contribution in [-0.4, -0.2) is 66.2 Å². The molecule has 2 aromatic carbocycles. The van der Waals surface area contributed by atoms with Gasteiger partial charge in [0.1, 0.15) is 11.0 Å². The summed E-state index contributed by atoms with van der Waals surface area (Å²) in [5, 5.41) is 9.71. The highest BCUT2D eigenvalue weighted by Crippen LogP contribution is 2.22. The highest BCUT2D eigenvalue weighted by atomic mass is 32.2. The van der Waals surface area contributed by atoms with Crippen molar-refractivity contribution in [2.45, 2.75) is 17.9 Å². The van der Waals surface area contributed by atoms with Crippen molar-refractivity contribution in [1.29, 1.82) is 0 Å². The number of fused-ring (bicyclic) bond motifs is 1. The van der Waals surface area contributed by atoms with Gasteiger partial charge >= 0.3 is 0 Å². The lowest BCUT2D eigenvalue weighted by molar-refractivity contribution is -0.127. The fraction of sp³-hybridized carbons (Fsp3) is 0.316. The molecule has 1 amide bonds. The molecule has 2 heterocycles. The van der Waals surface area contributed by atoms with E-state index in [1.54, 1.807) is 0 Å². The van der Waals surface area contributed by atoms with Gasteiger partial charge in [0.15, 0.2) is 17.5 Å². The third-order valence-corrected chi connectivity index (χ3v) is 6.81. The minimum absolute atomic E-state index is 0.0231. The van der Waals surface area contributed by atoms with E-state index in [9.17, 15) is 26.4 Å². The van der Waals surface area contributed by atoms with Crippen molar-refractivity contribution in [2.24, 2.45) is 0 Å². The minimum Gasteiger partial charge on any atom is -0.382 e. The van der Waals surface area contributed by atoms with Crippen LogP contribution in [-0.2, 0) is 19.6 Å². The van der Waals surface area contributed by atoms with Crippen molar-refractivity contribution in [1.82, 2.24) is 19.5 Å². The highest BCUT2D eigenvalue weighted by molar-refractivity contribution is 7.89. The number of amides is 1. The number of carbonyl (C=O) groups is 1. The molecule has 0 radical (unpaired) electrons. The maximum Gasteiger partial charge on any atom is 0.268 e. The SMILES string of the molecule is C[C@@H](On1nnc2ccc(S(=O)(=O)N3CCOCC3)cc21)C(=O)Nc1ccc(F)c(F)c1F. The zero-order valence-electron chi connectivity index (χ0n) is 17.2. The number of carbonyl (C=O) groups excluding carboxylic acids is 1. The molecule has 1 aliphatic heterocycles. The minimum atomic E-state index is -3.80. The molecule has 1 aliphatic rings. The predicted octanol–water partition coefficient (Wildman–Crippen LogP) is 1.33. The van der Waals surface area contributed by atoms with Gasteiger partial charge in [-0.15, -0.1) is 5.10 Å². The van der Waals surface area contributed by atoms with Crippen LogP contribution in [0.25, 0.3) is 11.0 Å². The molecule has 1 fully saturated rings. The molecule has 0 saturated carbocycles. The van der Waals surface area contributed by atoms with Crippen molar-refractivity contribution in [3.63, 3.8) is 0 Å². The molecule has 1 atom stereocenters. The largest absolute Gasteiger partial charge is 0.382 e. The van der Waals surface area contributed by atoms with Crippen molar-refractivity contribution in [3.05, 3.63) is 47.8 Å². The van der Waals surface area contributed by atoms with E-state index in [-0.39, 0.29) is 36.7 Å². The monoisotopic (exact) mass is 485 g/mol. The summed E-state index contributed by atoms with van der Waals surface area (Å²) in [5.74, 6) is -5.57. The number of nitrogens with zero attached hydrogens (tertiary/aromatic N) is 4. The number of morpholine rings is 1. The first kappa shape index (κ1) is 22.9. The van der Waals surface area contributed by atoms with E-state index in [2.05, 4.69) is 15.6 Å². The topological polar surface area (TPSA) is 116 Å².